The number of anilines is 3. The number of aryl methyl sites for hydroxylation is 1. The van der Waals surface area contributed by atoms with E-state index in [0.717, 1.165) is 35.9 Å². The van der Waals surface area contributed by atoms with Crippen LogP contribution in [0.25, 0.3) is 0 Å². The van der Waals surface area contributed by atoms with E-state index in [1.165, 1.54) is 30.4 Å². The lowest BCUT2D eigenvalue weighted by Gasteiger charge is -2.32. The molecule has 0 atom stereocenters. The van der Waals surface area contributed by atoms with Crippen LogP contribution in [-0.4, -0.2) is 31.4 Å². The molecule has 1 aliphatic rings. The molecule has 0 bridgehead atoms. The van der Waals surface area contributed by atoms with Gasteiger partial charge in [-0.05, 0) is 61.6 Å². The van der Waals surface area contributed by atoms with Crippen molar-refractivity contribution < 1.29 is 9.59 Å². The molecule has 0 unspecified atom stereocenters. The van der Waals surface area contributed by atoms with Crippen LogP contribution in [0.5, 0.6) is 0 Å². The fourth-order valence-corrected chi connectivity index (χ4v) is 3.60. The van der Waals surface area contributed by atoms with Crippen molar-refractivity contribution in [2.45, 2.75) is 33.6 Å². The Morgan fingerprint density at radius 1 is 1.07 bits per heavy atom. The quantitative estimate of drug-likeness (QED) is 0.846. The Kier molecular flexibility index (Phi) is 6.34. The van der Waals surface area contributed by atoms with E-state index < -0.39 is 0 Å². The minimum Gasteiger partial charge on any atom is -0.372 e. The molecule has 0 radical (unpaired) electrons. The van der Waals surface area contributed by atoms with Gasteiger partial charge in [0.1, 0.15) is 6.54 Å². The topological polar surface area (TPSA) is 52.7 Å². The number of carbonyl (C=O) groups excluding carboxylic acids is 2. The number of carbonyl (C=O) groups is 2. The zero-order valence-electron chi connectivity index (χ0n) is 16.9. The molecule has 2 aromatic carbocycles. The van der Waals surface area contributed by atoms with Gasteiger partial charge < -0.3 is 15.1 Å². The highest BCUT2D eigenvalue weighted by Gasteiger charge is 2.18. The second kappa shape index (κ2) is 8.91. The zero-order valence-corrected chi connectivity index (χ0v) is 16.9. The first kappa shape index (κ1) is 19.9. The van der Waals surface area contributed by atoms with Crippen LogP contribution < -0.4 is 15.1 Å². The molecule has 5 nitrogen and oxygen atoms in total. The van der Waals surface area contributed by atoms with E-state index >= 15 is 0 Å². The summed E-state index contributed by atoms with van der Waals surface area (Å²) in [6, 6.07) is 15.5. The summed E-state index contributed by atoms with van der Waals surface area (Å²) in [5.41, 5.74) is 3.66. The minimum atomic E-state index is -0.210. The first-order valence-corrected chi connectivity index (χ1v) is 9.92. The lowest BCUT2D eigenvalue weighted by Crippen LogP contribution is -2.37. The molecular weight excluding hydrogens is 350 g/mol. The van der Waals surface area contributed by atoms with Crippen LogP contribution in [0.15, 0.2) is 48.5 Å². The van der Waals surface area contributed by atoms with Gasteiger partial charge in [0.05, 0.1) is 0 Å². The van der Waals surface area contributed by atoms with Crippen molar-refractivity contribution in [1.82, 2.24) is 0 Å². The van der Waals surface area contributed by atoms with Crippen molar-refractivity contribution in [3.05, 3.63) is 54.1 Å². The van der Waals surface area contributed by atoms with E-state index in [2.05, 4.69) is 29.3 Å². The number of nitrogens with zero attached hydrogens (tertiary/aromatic N) is 2. The van der Waals surface area contributed by atoms with E-state index in [4.69, 9.17) is 0 Å². The monoisotopic (exact) mass is 379 g/mol. The van der Waals surface area contributed by atoms with Crippen LogP contribution >= 0.6 is 0 Å². The van der Waals surface area contributed by atoms with Gasteiger partial charge in [-0.25, -0.2) is 0 Å². The first-order valence-electron chi connectivity index (χ1n) is 9.92. The van der Waals surface area contributed by atoms with Crippen molar-refractivity contribution >= 4 is 28.9 Å². The number of piperidine rings is 1. The van der Waals surface area contributed by atoms with Crippen LogP contribution in [0.3, 0.4) is 0 Å². The molecule has 1 saturated heterocycles. The van der Waals surface area contributed by atoms with Gasteiger partial charge in [0.25, 0.3) is 0 Å². The van der Waals surface area contributed by atoms with Crippen molar-refractivity contribution in [1.29, 1.82) is 0 Å². The number of hydrogen-bond donors (Lipinski definition) is 1. The average molecular weight is 380 g/mol. The van der Waals surface area contributed by atoms with Crippen molar-refractivity contribution in [3.63, 3.8) is 0 Å². The third-order valence-corrected chi connectivity index (χ3v) is 5.39. The van der Waals surface area contributed by atoms with Crippen LogP contribution in [0.1, 0.15) is 32.3 Å². The molecule has 3 rings (SSSR count). The number of rotatable bonds is 5. The largest absolute Gasteiger partial charge is 0.372 e. The number of nitrogens with one attached hydrogen (secondary N) is 1. The maximum absolute atomic E-state index is 12.5. The van der Waals surface area contributed by atoms with Gasteiger partial charge in [-0.15, -0.1) is 0 Å². The van der Waals surface area contributed by atoms with Crippen molar-refractivity contribution in [3.8, 4) is 0 Å². The predicted octanol–water partition coefficient (Wildman–Crippen LogP) is 4.22. The molecule has 0 spiro atoms. The van der Waals surface area contributed by atoms with Crippen LogP contribution in [0, 0.1) is 12.8 Å². The molecule has 0 aliphatic carbocycles. The van der Waals surface area contributed by atoms with Gasteiger partial charge in [-0.1, -0.05) is 25.1 Å². The number of benzene rings is 2. The van der Waals surface area contributed by atoms with Gasteiger partial charge in [-0.3, -0.25) is 9.59 Å². The predicted molar refractivity (Wildman–Crippen MR) is 115 cm³/mol. The highest BCUT2D eigenvalue weighted by atomic mass is 16.2. The van der Waals surface area contributed by atoms with Gasteiger partial charge in [-0.2, -0.15) is 0 Å². The molecular formula is C23H29N3O2. The fraction of sp³-hybridized carbons (Fsp3) is 0.391. The Hall–Kier alpha value is -2.82. The number of amides is 2. The van der Waals surface area contributed by atoms with Crippen molar-refractivity contribution in [2.24, 2.45) is 5.92 Å². The molecule has 5 heteroatoms. The highest BCUT2D eigenvalue weighted by Crippen LogP contribution is 2.24. The summed E-state index contributed by atoms with van der Waals surface area (Å²) in [6.45, 7) is 7.87. The minimum absolute atomic E-state index is 0.00798. The molecule has 1 N–H and O–H groups in total. The van der Waals surface area contributed by atoms with Crippen LogP contribution in [-0.2, 0) is 9.59 Å². The van der Waals surface area contributed by atoms with Crippen molar-refractivity contribution in [2.75, 3.05) is 34.8 Å². The Bertz CT molecular complexity index is 824. The molecule has 28 heavy (non-hydrogen) atoms. The smallest absolute Gasteiger partial charge is 0.244 e. The molecule has 2 aromatic rings. The van der Waals surface area contributed by atoms with Gasteiger partial charge in [0.2, 0.25) is 11.8 Å². The second-order valence-electron chi connectivity index (χ2n) is 7.66. The summed E-state index contributed by atoms with van der Waals surface area (Å²) in [4.78, 5) is 28.5. The Morgan fingerprint density at radius 2 is 1.71 bits per heavy atom. The highest BCUT2D eigenvalue weighted by molar-refractivity contribution is 6.02. The summed E-state index contributed by atoms with van der Waals surface area (Å²) < 4.78 is 0. The number of para-hydroxylation sites is 1. The van der Waals surface area contributed by atoms with Gasteiger partial charge in [0, 0.05) is 37.1 Å². The Labute approximate surface area is 167 Å². The van der Waals surface area contributed by atoms with E-state index in [1.807, 2.05) is 43.3 Å². The molecule has 1 fully saturated rings. The van der Waals surface area contributed by atoms with Crippen LogP contribution in [0.2, 0.25) is 0 Å². The van der Waals surface area contributed by atoms with Gasteiger partial charge >= 0.3 is 0 Å². The SMILES string of the molecule is CC(=O)N(CC(=O)Nc1ccc(N2CCC(C)CC2)cc1)c1ccccc1C. The van der Waals surface area contributed by atoms with E-state index in [0.29, 0.717) is 0 Å². The normalized spacial score (nSPS) is 14.6. The molecule has 0 saturated carbocycles. The summed E-state index contributed by atoms with van der Waals surface area (Å²) >= 11 is 0. The van der Waals surface area contributed by atoms with Crippen LogP contribution in [0.4, 0.5) is 17.1 Å². The first-order chi connectivity index (χ1) is 13.4. The summed E-state index contributed by atoms with van der Waals surface area (Å²) in [5, 5.41) is 2.90. The van der Waals surface area contributed by atoms with Gasteiger partial charge in [0.15, 0.2) is 0 Å². The molecule has 148 valence electrons. The summed E-state index contributed by atoms with van der Waals surface area (Å²) in [6.07, 6.45) is 2.44. The van der Waals surface area contributed by atoms with E-state index in [9.17, 15) is 9.59 Å². The molecule has 1 aliphatic heterocycles. The average Bonchev–Trinajstić information content (AvgIpc) is 2.68. The second-order valence-corrected chi connectivity index (χ2v) is 7.66. The standard InChI is InChI=1S/C23H29N3O2/c1-17-12-14-25(15-13-17)21-10-8-20(9-11-21)24-23(28)16-26(19(3)27)22-7-5-4-6-18(22)2/h4-11,17H,12-16H2,1-3H3,(H,24,28). The molecule has 1 heterocycles. The Morgan fingerprint density at radius 3 is 2.32 bits per heavy atom. The molecule has 0 aromatic heterocycles. The maximum Gasteiger partial charge on any atom is 0.244 e. The van der Waals surface area contributed by atoms with E-state index in [1.54, 1.807) is 0 Å². The Balaban J connectivity index is 1.62. The third kappa shape index (κ3) is 4.91. The lowest BCUT2D eigenvalue weighted by atomic mass is 9.99. The fourth-order valence-electron chi connectivity index (χ4n) is 3.60. The zero-order chi connectivity index (χ0) is 20.1. The summed E-state index contributed by atoms with van der Waals surface area (Å²) in [7, 11) is 0. The molecule has 2 amide bonds. The number of hydrogen-bond acceptors (Lipinski definition) is 3. The summed E-state index contributed by atoms with van der Waals surface area (Å²) in [5.74, 6) is 0.435. The van der Waals surface area contributed by atoms with E-state index in [-0.39, 0.29) is 18.4 Å². The maximum atomic E-state index is 12.5. The third-order valence-electron chi connectivity index (χ3n) is 5.39. The lowest BCUT2D eigenvalue weighted by molar-refractivity contribution is -0.120.